The minimum atomic E-state index is -0.298. The lowest BCUT2D eigenvalue weighted by atomic mass is 9.69. The van der Waals surface area contributed by atoms with Gasteiger partial charge in [-0.25, -0.2) is 0 Å². The van der Waals surface area contributed by atoms with Crippen LogP contribution in [0.4, 0.5) is 0 Å². The maximum Gasteiger partial charge on any atom is 0.0697 e. The molecule has 1 aromatic rings. The second-order valence-electron chi connectivity index (χ2n) is 9.29. The Bertz CT molecular complexity index is 650. The van der Waals surface area contributed by atoms with Crippen molar-refractivity contribution in [3.63, 3.8) is 0 Å². The summed E-state index contributed by atoms with van der Waals surface area (Å²) in [4.78, 5) is 4.89. The quantitative estimate of drug-likeness (QED) is 0.898. The number of rotatable bonds is 4. The van der Waals surface area contributed by atoms with Gasteiger partial charge in [0.25, 0.3) is 0 Å². The Labute approximate surface area is 159 Å². The van der Waals surface area contributed by atoms with E-state index in [1.807, 2.05) is 13.8 Å². The van der Waals surface area contributed by atoms with E-state index in [0.717, 1.165) is 13.1 Å². The number of hydrogen-bond donors (Lipinski definition) is 1. The molecule has 0 amide bonds. The third-order valence-corrected chi connectivity index (χ3v) is 6.67. The lowest BCUT2D eigenvalue weighted by molar-refractivity contribution is 0.0610. The second-order valence-corrected chi connectivity index (χ2v) is 9.29. The normalized spacial score (nSPS) is 32.9. The summed E-state index contributed by atoms with van der Waals surface area (Å²) in [6, 6.07) is 13.4. The van der Waals surface area contributed by atoms with E-state index in [-0.39, 0.29) is 16.5 Å². The summed E-state index contributed by atoms with van der Waals surface area (Å²) in [6.45, 7) is 8.21. The van der Waals surface area contributed by atoms with Crippen LogP contribution in [0.3, 0.4) is 0 Å². The monoisotopic (exact) mass is 354 g/mol. The van der Waals surface area contributed by atoms with Crippen molar-refractivity contribution in [3.8, 4) is 6.07 Å². The van der Waals surface area contributed by atoms with Crippen LogP contribution in [0.2, 0.25) is 0 Å². The molecule has 1 atom stereocenters. The molecular weight excluding hydrogens is 320 g/mol. The first-order valence-corrected chi connectivity index (χ1v) is 9.88. The number of nitriles is 1. The SMILES string of the molecule is CC1NC2(CCC(c3ccccc3)(N(C)C)CC2)CN1CC(C)(C)C#N. The number of nitrogens with zero attached hydrogens (tertiary/aromatic N) is 3. The van der Waals surface area contributed by atoms with Crippen molar-refractivity contribution < 1.29 is 0 Å². The zero-order chi connectivity index (χ0) is 19.0. The van der Waals surface area contributed by atoms with Gasteiger partial charge in [0.1, 0.15) is 0 Å². The molecule has 1 saturated carbocycles. The Kier molecular flexibility index (Phi) is 5.18. The molecule has 3 rings (SSSR count). The van der Waals surface area contributed by atoms with Gasteiger partial charge in [-0.05, 0) is 66.1 Å². The predicted molar refractivity (Wildman–Crippen MR) is 107 cm³/mol. The average molecular weight is 355 g/mol. The Morgan fingerprint density at radius 1 is 1.19 bits per heavy atom. The van der Waals surface area contributed by atoms with Gasteiger partial charge in [-0.3, -0.25) is 15.1 Å². The van der Waals surface area contributed by atoms with E-state index in [9.17, 15) is 5.26 Å². The first-order chi connectivity index (χ1) is 12.2. The molecule has 1 saturated heterocycles. The fourth-order valence-electron chi connectivity index (χ4n) is 5.03. The van der Waals surface area contributed by atoms with Crippen LogP contribution in [0.15, 0.2) is 30.3 Å². The summed E-state index contributed by atoms with van der Waals surface area (Å²) in [5.41, 5.74) is 1.47. The number of hydrogen-bond acceptors (Lipinski definition) is 4. The highest BCUT2D eigenvalue weighted by molar-refractivity contribution is 5.26. The third-order valence-electron chi connectivity index (χ3n) is 6.67. The van der Waals surface area contributed by atoms with Crippen LogP contribution in [0.1, 0.15) is 52.0 Å². The van der Waals surface area contributed by atoms with E-state index in [1.54, 1.807) is 0 Å². The summed E-state index contributed by atoms with van der Waals surface area (Å²) in [5, 5.41) is 13.3. The summed E-state index contributed by atoms with van der Waals surface area (Å²) in [6.07, 6.45) is 5.02. The number of benzene rings is 1. The van der Waals surface area contributed by atoms with Crippen LogP contribution in [-0.4, -0.2) is 48.7 Å². The van der Waals surface area contributed by atoms with Crippen molar-refractivity contribution in [2.24, 2.45) is 5.41 Å². The van der Waals surface area contributed by atoms with Crippen LogP contribution in [0, 0.1) is 16.7 Å². The molecule has 142 valence electrons. The van der Waals surface area contributed by atoms with Crippen molar-refractivity contribution in [2.75, 3.05) is 27.2 Å². The van der Waals surface area contributed by atoms with Gasteiger partial charge in [0.15, 0.2) is 0 Å². The largest absolute Gasteiger partial charge is 0.300 e. The smallest absolute Gasteiger partial charge is 0.0697 e. The van der Waals surface area contributed by atoms with Crippen LogP contribution >= 0.6 is 0 Å². The molecule has 2 fully saturated rings. The molecule has 2 aliphatic rings. The summed E-state index contributed by atoms with van der Waals surface area (Å²) < 4.78 is 0. The van der Waals surface area contributed by atoms with E-state index in [4.69, 9.17) is 0 Å². The van der Waals surface area contributed by atoms with Crippen molar-refractivity contribution in [1.82, 2.24) is 15.1 Å². The zero-order valence-electron chi connectivity index (χ0n) is 17.0. The topological polar surface area (TPSA) is 42.3 Å². The molecule has 4 nitrogen and oxygen atoms in total. The van der Waals surface area contributed by atoms with Crippen LogP contribution in [0.25, 0.3) is 0 Å². The van der Waals surface area contributed by atoms with Gasteiger partial charge in [0.2, 0.25) is 0 Å². The Hall–Kier alpha value is -1.41. The summed E-state index contributed by atoms with van der Waals surface area (Å²) in [5.74, 6) is 0. The van der Waals surface area contributed by atoms with E-state index in [1.165, 1.54) is 31.2 Å². The highest BCUT2D eigenvalue weighted by Gasteiger charge is 2.49. The highest BCUT2D eigenvalue weighted by Crippen LogP contribution is 2.46. The van der Waals surface area contributed by atoms with E-state index in [0.29, 0.717) is 6.17 Å². The Morgan fingerprint density at radius 2 is 1.81 bits per heavy atom. The first-order valence-electron chi connectivity index (χ1n) is 9.88. The van der Waals surface area contributed by atoms with Gasteiger partial charge >= 0.3 is 0 Å². The van der Waals surface area contributed by atoms with Gasteiger partial charge in [-0.15, -0.1) is 0 Å². The second kappa shape index (κ2) is 6.96. The molecule has 4 heteroatoms. The van der Waals surface area contributed by atoms with Crippen LogP contribution < -0.4 is 5.32 Å². The van der Waals surface area contributed by atoms with Gasteiger partial charge < -0.3 is 0 Å². The van der Waals surface area contributed by atoms with E-state index in [2.05, 4.69) is 72.5 Å². The minimum Gasteiger partial charge on any atom is -0.300 e. The zero-order valence-corrected chi connectivity index (χ0v) is 17.0. The van der Waals surface area contributed by atoms with Crippen molar-refractivity contribution >= 4 is 0 Å². The van der Waals surface area contributed by atoms with Crippen molar-refractivity contribution in [3.05, 3.63) is 35.9 Å². The third kappa shape index (κ3) is 3.53. The molecule has 0 radical (unpaired) electrons. The van der Waals surface area contributed by atoms with Gasteiger partial charge in [0.05, 0.1) is 17.6 Å². The fraction of sp³-hybridized carbons (Fsp3) is 0.682. The molecule has 0 bridgehead atoms. The molecule has 1 spiro atoms. The molecule has 26 heavy (non-hydrogen) atoms. The molecule has 1 aliphatic carbocycles. The summed E-state index contributed by atoms with van der Waals surface area (Å²) in [7, 11) is 4.44. The van der Waals surface area contributed by atoms with Crippen LogP contribution in [-0.2, 0) is 5.54 Å². The molecule has 1 N–H and O–H groups in total. The van der Waals surface area contributed by atoms with Crippen molar-refractivity contribution in [1.29, 1.82) is 5.26 Å². The van der Waals surface area contributed by atoms with Gasteiger partial charge in [-0.1, -0.05) is 30.3 Å². The molecule has 1 heterocycles. The molecular formula is C22H34N4. The van der Waals surface area contributed by atoms with E-state index >= 15 is 0 Å². The highest BCUT2D eigenvalue weighted by atomic mass is 15.4. The standard InChI is InChI=1S/C22H34N4/c1-18-24-21(17-26(18)16-20(2,3)15-23)11-13-22(14-12-21,25(4)5)19-9-7-6-8-10-19/h6-10,18,24H,11-14,16-17H2,1-5H3. The minimum absolute atomic E-state index is 0.136. The first kappa shape index (κ1) is 19.4. The molecule has 1 aromatic carbocycles. The van der Waals surface area contributed by atoms with Gasteiger partial charge in [-0.2, -0.15) is 5.26 Å². The van der Waals surface area contributed by atoms with E-state index < -0.39 is 0 Å². The maximum atomic E-state index is 9.40. The maximum absolute atomic E-state index is 9.40. The lowest BCUT2D eigenvalue weighted by Gasteiger charge is -2.49. The number of nitrogens with one attached hydrogen (secondary N) is 1. The fourth-order valence-corrected chi connectivity index (χ4v) is 5.03. The Morgan fingerprint density at radius 3 is 2.35 bits per heavy atom. The molecule has 1 aliphatic heterocycles. The van der Waals surface area contributed by atoms with Crippen molar-refractivity contribution in [2.45, 2.75) is 63.7 Å². The molecule has 0 aromatic heterocycles. The average Bonchev–Trinajstić information content (AvgIpc) is 2.91. The summed E-state index contributed by atoms with van der Waals surface area (Å²) >= 11 is 0. The van der Waals surface area contributed by atoms with Crippen LogP contribution in [0.5, 0.6) is 0 Å². The van der Waals surface area contributed by atoms with Gasteiger partial charge in [0, 0.05) is 24.2 Å². The molecule has 1 unspecified atom stereocenters. The lowest BCUT2D eigenvalue weighted by Crippen LogP contribution is -2.54. The Balaban J connectivity index is 1.74. The predicted octanol–water partition coefficient (Wildman–Crippen LogP) is 3.56.